The van der Waals surface area contributed by atoms with Crippen molar-refractivity contribution in [1.29, 1.82) is 0 Å². The van der Waals surface area contributed by atoms with Crippen LogP contribution in [0.1, 0.15) is 19.4 Å². The molecule has 0 aliphatic heterocycles. The highest BCUT2D eigenvalue weighted by atomic mass is 32.2. The molecule has 2 rings (SSSR count). The number of hydrogen-bond acceptors (Lipinski definition) is 4. The van der Waals surface area contributed by atoms with Gasteiger partial charge >= 0.3 is 0 Å². The van der Waals surface area contributed by atoms with Crippen molar-refractivity contribution in [1.82, 2.24) is 0 Å². The molecular weight excluding hydrogens is 314 g/mol. The molecule has 6 heteroatoms. The van der Waals surface area contributed by atoms with Crippen LogP contribution in [0.5, 0.6) is 11.5 Å². The number of rotatable bonds is 6. The molecule has 0 heterocycles. The Hall–Kier alpha value is -2.21. The second-order valence-electron chi connectivity index (χ2n) is 5.43. The largest absolute Gasteiger partial charge is 0.497 e. The van der Waals surface area contributed by atoms with Gasteiger partial charge in [0.1, 0.15) is 11.5 Å². The van der Waals surface area contributed by atoms with E-state index in [9.17, 15) is 8.42 Å². The number of aryl methyl sites for hydroxylation is 1. The molecule has 0 fully saturated rings. The summed E-state index contributed by atoms with van der Waals surface area (Å²) in [5.74, 6) is 1.27. The first-order chi connectivity index (χ1) is 10.8. The van der Waals surface area contributed by atoms with E-state index >= 15 is 0 Å². The Morgan fingerprint density at radius 3 is 2.43 bits per heavy atom. The Kier molecular flexibility index (Phi) is 5.15. The summed E-state index contributed by atoms with van der Waals surface area (Å²) in [6, 6.07) is 11.6. The van der Waals surface area contributed by atoms with Crippen molar-refractivity contribution < 1.29 is 17.9 Å². The summed E-state index contributed by atoms with van der Waals surface area (Å²) in [5, 5.41) is 0. The standard InChI is InChI=1S/C17H21NO4S/c1-12(2)22-17-9-8-16(10-13(17)3)23(19,20)18-14-6-5-7-15(11-14)21-4/h5-12,18H,1-4H3. The van der Waals surface area contributed by atoms with Crippen molar-refractivity contribution in [2.45, 2.75) is 31.8 Å². The van der Waals surface area contributed by atoms with Gasteiger partial charge in [-0.3, -0.25) is 4.72 Å². The summed E-state index contributed by atoms with van der Waals surface area (Å²) >= 11 is 0. The van der Waals surface area contributed by atoms with Crippen LogP contribution in [0.2, 0.25) is 0 Å². The van der Waals surface area contributed by atoms with Crippen molar-refractivity contribution >= 4 is 15.7 Å². The lowest BCUT2D eigenvalue weighted by Gasteiger charge is -2.14. The number of benzene rings is 2. The number of methoxy groups -OCH3 is 1. The first-order valence-electron chi connectivity index (χ1n) is 7.26. The van der Waals surface area contributed by atoms with Crippen molar-refractivity contribution in [3.63, 3.8) is 0 Å². The van der Waals surface area contributed by atoms with Gasteiger partial charge in [0, 0.05) is 6.07 Å². The molecular formula is C17H21NO4S. The van der Waals surface area contributed by atoms with Crippen LogP contribution in [0.3, 0.4) is 0 Å². The van der Waals surface area contributed by atoms with Gasteiger partial charge < -0.3 is 9.47 Å². The Balaban J connectivity index is 2.27. The van der Waals surface area contributed by atoms with Gasteiger partial charge in [0.2, 0.25) is 0 Å². The number of ether oxygens (including phenoxy) is 2. The van der Waals surface area contributed by atoms with E-state index in [1.54, 1.807) is 36.4 Å². The van der Waals surface area contributed by atoms with Gasteiger partial charge in [-0.15, -0.1) is 0 Å². The number of nitrogens with one attached hydrogen (secondary N) is 1. The second kappa shape index (κ2) is 6.91. The minimum atomic E-state index is -3.67. The third-order valence-corrected chi connectivity index (χ3v) is 4.52. The molecule has 0 saturated carbocycles. The van der Waals surface area contributed by atoms with Crippen LogP contribution >= 0.6 is 0 Å². The lowest BCUT2D eigenvalue weighted by Crippen LogP contribution is -2.13. The third kappa shape index (κ3) is 4.39. The first-order valence-corrected chi connectivity index (χ1v) is 8.74. The molecule has 2 aromatic carbocycles. The minimum absolute atomic E-state index is 0.0334. The molecule has 2 aromatic rings. The zero-order valence-electron chi connectivity index (χ0n) is 13.7. The SMILES string of the molecule is COc1cccc(NS(=O)(=O)c2ccc(OC(C)C)c(C)c2)c1. The van der Waals surface area contributed by atoms with E-state index < -0.39 is 10.0 Å². The highest BCUT2D eigenvalue weighted by Gasteiger charge is 2.16. The third-order valence-electron chi connectivity index (χ3n) is 3.14. The Morgan fingerprint density at radius 1 is 1.09 bits per heavy atom. The predicted octanol–water partition coefficient (Wildman–Crippen LogP) is 3.59. The van der Waals surface area contributed by atoms with Crippen LogP contribution < -0.4 is 14.2 Å². The molecule has 0 aliphatic carbocycles. The summed E-state index contributed by atoms with van der Waals surface area (Å²) < 4.78 is 38.3. The van der Waals surface area contributed by atoms with Crippen LogP contribution in [0.25, 0.3) is 0 Å². The molecule has 0 spiro atoms. The summed E-state index contributed by atoms with van der Waals surface area (Å²) in [6.07, 6.45) is 0.0334. The summed E-state index contributed by atoms with van der Waals surface area (Å²) in [7, 11) is -2.13. The molecule has 0 radical (unpaired) electrons. The van der Waals surface area contributed by atoms with Gasteiger partial charge in [-0.2, -0.15) is 0 Å². The highest BCUT2D eigenvalue weighted by molar-refractivity contribution is 7.92. The van der Waals surface area contributed by atoms with Crippen LogP contribution in [0.4, 0.5) is 5.69 Å². The van der Waals surface area contributed by atoms with Crippen LogP contribution in [0.15, 0.2) is 47.4 Å². The van der Waals surface area contributed by atoms with E-state index in [0.717, 1.165) is 5.56 Å². The maximum atomic E-state index is 12.5. The zero-order valence-corrected chi connectivity index (χ0v) is 14.5. The highest BCUT2D eigenvalue weighted by Crippen LogP contribution is 2.25. The van der Waals surface area contributed by atoms with E-state index in [1.807, 2.05) is 20.8 Å². The van der Waals surface area contributed by atoms with Gasteiger partial charge in [-0.1, -0.05) is 6.07 Å². The van der Waals surface area contributed by atoms with E-state index in [4.69, 9.17) is 9.47 Å². The Bertz CT molecular complexity index is 785. The van der Waals surface area contributed by atoms with Gasteiger partial charge in [-0.05, 0) is 56.7 Å². The molecule has 0 saturated heterocycles. The average molecular weight is 335 g/mol. The number of hydrogen-bond donors (Lipinski definition) is 1. The molecule has 5 nitrogen and oxygen atoms in total. The van der Waals surface area contributed by atoms with Crippen molar-refractivity contribution in [2.75, 3.05) is 11.8 Å². The molecule has 124 valence electrons. The summed E-state index contributed by atoms with van der Waals surface area (Å²) in [4.78, 5) is 0.189. The maximum absolute atomic E-state index is 12.5. The summed E-state index contributed by atoms with van der Waals surface area (Å²) in [6.45, 7) is 5.67. The topological polar surface area (TPSA) is 64.6 Å². The number of sulfonamides is 1. The Labute approximate surface area is 137 Å². The number of anilines is 1. The first kappa shape index (κ1) is 17.1. The van der Waals surface area contributed by atoms with Crippen molar-refractivity contribution in [2.24, 2.45) is 0 Å². The maximum Gasteiger partial charge on any atom is 0.261 e. The van der Waals surface area contributed by atoms with E-state index in [2.05, 4.69) is 4.72 Å². The normalized spacial score (nSPS) is 11.3. The van der Waals surface area contributed by atoms with E-state index in [-0.39, 0.29) is 11.0 Å². The molecule has 0 aromatic heterocycles. The summed E-state index contributed by atoms with van der Waals surface area (Å²) in [5.41, 5.74) is 1.22. The van der Waals surface area contributed by atoms with E-state index in [1.165, 1.54) is 13.2 Å². The fourth-order valence-electron chi connectivity index (χ4n) is 2.08. The van der Waals surface area contributed by atoms with Gasteiger partial charge in [-0.25, -0.2) is 8.42 Å². The molecule has 0 atom stereocenters. The average Bonchev–Trinajstić information content (AvgIpc) is 2.48. The molecule has 1 N–H and O–H groups in total. The van der Waals surface area contributed by atoms with Crippen molar-refractivity contribution in [3.8, 4) is 11.5 Å². The molecule has 0 amide bonds. The fourth-order valence-corrected chi connectivity index (χ4v) is 3.21. The monoisotopic (exact) mass is 335 g/mol. The predicted molar refractivity (Wildman–Crippen MR) is 90.7 cm³/mol. The molecule has 0 aliphatic rings. The molecule has 0 bridgehead atoms. The van der Waals surface area contributed by atoms with Gasteiger partial charge in [0.15, 0.2) is 0 Å². The molecule has 23 heavy (non-hydrogen) atoms. The van der Waals surface area contributed by atoms with Crippen LogP contribution in [0, 0.1) is 6.92 Å². The van der Waals surface area contributed by atoms with E-state index in [0.29, 0.717) is 17.2 Å². The fraction of sp³-hybridized carbons (Fsp3) is 0.294. The van der Waals surface area contributed by atoms with Crippen molar-refractivity contribution in [3.05, 3.63) is 48.0 Å². The zero-order chi connectivity index (χ0) is 17.0. The van der Waals surface area contributed by atoms with Gasteiger partial charge in [0.25, 0.3) is 10.0 Å². The quantitative estimate of drug-likeness (QED) is 0.876. The lowest BCUT2D eigenvalue weighted by molar-refractivity contribution is 0.240. The minimum Gasteiger partial charge on any atom is -0.497 e. The lowest BCUT2D eigenvalue weighted by atomic mass is 10.2. The Morgan fingerprint density at radius 2 is 1.83 bits per heavy atom. The second-order valence-corrected chi connectivity index (χ2v) is 7.11. The van der Waals surface area contributed by atoms with Crippen LogP contribution in [-0.4, -0.2) is 21.6 Å². The smallest absolute Gasteiger partial charge is 0.261 e. The van der Waals surface area contributed by atoms with Crippen LogP contribution in [-0.2, 0) is 10.0 Å². The molecule has 0 unspecified atom stereocenters. The van der Waals surface area contributed by atoms with Gasteiger partial charge in [0.05, 0.1) is 23.8 Å².